The van der Waals surface area contributed by atoms with Crippen LogP contribution in [0.4, 0.5) is 0 Å². The van der Waals surface area contributed by atoms with Crippen molar-refractivity contribution in [2.24, 2.45) is 0 Å². The Kier molecular flexibility index (Phi) is 9.07. The molecule has 0 aliphatic carbocycles. The highest BCUT2D eigenvalue weighted by Gasteiger charge is 2.55. The summed E-state index contributed by atoms with van der Waals surface area (Å²) in [5.74, 6) is -5.52. The number of hydrogen-bond donors (Lipinski definition) is 7. The maximum absolute atomic E-state index is 12.2. The highest BCUT2D eigenvalue weighted by molar-refractivity contribution is 5.79. The molecule has 12 nitrogen and oxygen atoms in total. The quantitative estimate of drug-likeness (QED) is 0.197. The van der Waals surface area contributed by atoms with Crippen molar-refractivity contribution < 1.29 is 49.4 Å². The Hall–Kier alpha value is -2.61. The van der Waals surface area contributed by atoms with Crippen LogP contribution >= 0.6 is 0 Å². The zero-order chi connectivity index (χ0) is 23.9. The Morgan fingerprint density at radius 1 is 1.25 bits per heavy atom. The molecule has 0 bridgehead atoms. The van der Waals surface area contributed by atoms with Crippen LogP contribution in [-0.2, 0) is 30.4 Å². The minimum absolute atomic E-state index is 0.168. The second-order valence-corrected chi connectivity index (χ2v) is 7.43. The van der Waals surface area contributed by atoms with Crippen LogP contribution in [0.1, 0.15) is 18.9 Å². The van der Waals surface area contributed by atoms with Crippen LogP contribution < -0.4 is 10.6 Å². The van der Waals surface area contributed by atoms with Gasteiger partial charge in [0.1, 0.15) is 24.9 Å². The smallest absolute Gasteiger partial charge is 0.364 e. The number of hydrogen-bond acceptors (Lipinski definition) is 9. The van der Waals surface area contributed by atoms with Crippen molar-refractivity contribution in [3.8, 4) is 0 Å². The lowest BCUT2D eigenvalue weighted by Gasteiger charge is -2.46. The normalized spacial score (nSPS) is 27.2. The average Bonchev–Trinajstić information content (AvgIpc) is 2.77. The summed E-state index contributed by atoms with van der Waals surface area (Å²) in [6.45, 7) is -0.346. The topological polar surface area (TPSA) is 195 Å². The third kappa shape index (κ3) is 6.45. The van der Waals surface area contributed by atoms with Crippen LogP contribution in [0.3, 0.4) is 0 Å². The Morgan fingerprint density at radius 3 is 2.47 bits per heavy atom. The van der Waals surface area contributed by atoms with Crippen molar-refractivity contribution in [2.75, 3.05) is 13.2 Å². The highest BCUT2D eigenvalue weighted by atomic mass is 16.7. The van der Waals surface area contributed by atoms with Crippen LogP contribution in [0.5, 0.6) is 0 Å². The molecule has 1 saturated heterocycles. The molecular formula is C20H28N2O10. The van der Waals surface area contributed by atoms with Crippen LogP contribution in [0.25, 0.3) is 0 Å². The van der Waals surface area contributed by atoms with Gasteiger partial charge in [-0.25, -0.2) is 4.79 Å². The van der Waals surface area contributed by atoms with Crippen molar-refractivity contribution in [2.45, 2.75) is 56.1 Å². The maximum Gasteiger partial charge on any atom is 0.364 e. The van der Waals surface area contributed by atoms with E-state index >= 15 is 0 Å². The molecule has 7 N–H and O–H groups in total. The zero-order valence-corrected chi connectivity index (χ0v) is 17.4. The van der Waals surface area contributed by atoms with Crippen molar-refractivity contribution >= 4 is 17.8 Å². The molecule has 1 heterocycles. The monoisotopic (exact) mass is 456 g/mol. The van der Waals surface area contributed by atoms with Crippen molar-refractivity contribution in [3.63, 3.8) is 0 Å². The summed E-state index contributed by atoms with van der Waals surface area (Å²) >= 11 is 0. The fourth-order valence-electron chi connectivity index (χ4n) is 3.31. The van der Waals surface area contributed by atoms with Gasteiger partial charge in [-0.1, -0.05) is 30.3 Å². The lowest BCUT2D eigenvalue weighted by atomic mass is 9.88. The fourth-order valence-corrected chi connectivity index (χ4v) is 3.31. The molecule has 0 radical (unpaired) electrons. The molecule has 12 heteroatoms. The number of ether oxygens (including phenoxy) is 2. The van der Waals surface area contributed by atoms with E-state index in [9.17, 15) is 34.8 Å². The Balaban J connectivity index is 2.15. The second kappa shape index (κ2) is 11.3. The van der Waals surface area contributed by atoms with E-state index in [4.69, 9.17) is 14.6 Å². The summed E-state index contributed by atoms with van der Waals surface area (Å²) in [5, 5.41) is 54.3. The molecule has 2 rings (SSSR count). The first kappa shape index (κ1) is 25.6. The number of carboxylic acid groups (broad SMARTS) is 1. The number of aliphatic carboxylic acids is 1. The van der Waals surface area contributed by atoms with E-state index in [1.165, 1.54) is 0 Å². The van der Waals surface area contributed by atoms with Gasteiger partial charge in [0.15, 0.2) is 0 Å². The number of rotatable bonds is 10. The number of carboxylic acids is 1. The van der Waals surface area contributed by atoms with E-state index in [1.54, 1.807) is 24.3 Å². The van der Waals surface area contributed by atoms with Gasteiger partial charge >= 0.3 is 5.97 Å². The molecule has 0 aromatic heterocycles. The summed E-state index contributed by atoms with van der Waals surface area (Å²) in [6.07, 6.45) is -7.59. The highest BCUT2D eigenvalue weighted by Crippen LogP contribution is 2.33. The third-order valence-corrected chi connectivity index (χ3v) is 4.96. The Bertz CT molecular complexity index is 792. The molecular weight excluding hydrogens is 428 g/mol. The van der Waals surface area contributed by atoms with Gasteiger partial charge in [0.25, 0.3) is 5.79 Å². The van der Waals surface area contributed by atoms with Crippen LogP contribution in [0, 0.1) is 0 Å². The largest absolute Gasteiger partial charge is 0.477 e. The van der Waals surface area contributed by atoms with Crippen LogP contribution in [0.15, 0.2) is 30.3 Å². The number of aliphatic hydroxyl groups is 4. The van der Waals surface area contributed by atoms with Gasteiger partial charge in [0.2, 0.25) is 11.8 Å². The van der Waals surface area contributed by atoms with Gasteiger partial charge in [0, 0.05) is 19.9 Å². The number of carbonyl (C=O) groups is 3. The average molecular weight is 456 g/mol. The van der Waals surface area contributed by atoms with E-state index in [1.807, 2.05) is 6.07 Å². The molecule has 1 aliphatic heterocycles. The molecule has 0 saturated carbocycles. The minimum Gasteiger partial charge on any atom is -0.477 e. The first-order valence-electron chi connectivity index (χ1n) is 9.87. The van der Waals surface area contributed by atoms with Gasteiger partial charge < -0.3 is 45.6 Å². The van der Waals surface area contributed by atoms with E-state index in [-0.39, 0.29) is 6.54 Å². The minimum atomic E-state index is -2.56. The number of benzene rings is 1. The fraction of sp³-hybridized carbons (Fsp3) is 0.550. The summed E-state index contributed by atoms with van der Waals surface area (Å²) in [6, 6.07) is 7.62. The van der Waals surface area contributed by atoms with Crippen molar-refractivity contribution in [1.82, 2.24) is 10.6 Å². The molecule has 2 amide bonds. The summed E-state index contributed by atoms with van der Waals surface area (Å²) in [5.41, 5.74) is 0.803. The third-order valence-electron chi connectivity index (χ3n) is 4.96. The number of nitrogens with one attached hydrogen (secondary N) is 2. The summed E-state index contributed by atoms with van der Waals surface area (Å²) in [4.78, 5) is 35.6. The standard InChI is InChI=1S/C20H28N2O10/c1-11(24)22-16-13(25)7-20(19(29)30,32-18(16)17(28)14(26)9-23)31-10-15(27)21-8-12-5-3-2-4-6-12/h2-6,13-14,16-18,23,25-26,28H,7-10H2,1H3,(H,21,27)(H,22,24)(H,29,30)/t13-,14+,16+,17+,18+,20+/m0/s1. The number of carbonyl (C=O) groups excluding carboxylic acids is 2. The SMILES string of the molecule is CC(=O)N[C@H]1[C@H]([C@H](O)[C@H](O)CO)O[C@@](OCC(=O)NCc2ccccc2)(C(=O)O)C[C@@H]1O. The van der Waals surface area contributed by atoms with Gasteiger partial charge in [-0.15, -0.1) is 0 Å². The predicted octanol–water partition coefficient (Wildman–Crippen LogP) is -2.53. The first-order chi connectivity index (χ1) is 15.1. The van der Waals surface area contributed by atoms with Crippen molar-refractivity contribution in [3.05, 3.63) is 35.9 Å². The Labute approximate surface area is 183 Å². The lowest BCUT2D eigenvalue weighted by Crippen LogP contribution is -2.68. The van der Waals surface area contributed by atoms with E-state index in [2.05, 4.69) is 10.6 Å². The molecule has 1 fully saturated rings. The first-order valence-corrected chi connectivity index (χ1v) is 9.87. The van der Waals surface area contributed by atoms with Crippen molar-refractivity contribution in [1.29, 1.82) is 0 Å². The molecule has 1 aromatic rings. The molecule has 1 aromatic carbocycles. The van der Waals surface area contributed by atoms with Gasteiger partial charge in [-0.05, 0) is 5.56 Å². The summed E-state index contributed by atoms with van der Waals surface area (Å²) in [7, 11) is 0. The van der Waals surface area contributed by atoms with E-state index < -0.39 is 73.7 Å². The Morgan fingerprint density at radius 2 is 1.91 bits per heavy atom. The van der Waals surface area contributed by atoms with E-state index in [0.717, 1.165) is 12.5 Å². The summed E-state index contributed by atoms with van der Waals surface area (Å²) < 4.78 is 10.7. The van der Waals surface area contributed by atoms with Crippen LogP contribution in [0.2, 0.25) is 0 Å². The molecule has 6 atom stereocenters. The van der Waals surface area contributed by atoms with E-state index in [0.29, 0.717) is 0 Å². The molecule has 32 heavy (non-hydrogen) atoms. The van der Waals surface area contributed by atoms with Crippen LogP contribution in [-0.4, -0.2) is 92.8 Å². The van der Waals surface area contributed by atoms with Gasteiger partial charge in [-0.2, -0.15) is 0 Å². The number of aliphatic hydroxyl groups excluding tert-OH is 4. The van der Waals surface area contributed by atoms with Gasteiger partial charge in [0.05, 0.1) is 18.8 Å². The second-order valence-electron chi connectivity index (χ2n) is 7.43. The molecule has 0 unspecified atom stereocenters. The molecule has 1 aliphatic rings. The zero-order valence-electron chi connectivity index (χ0n) is 17.4. The maximum atomic E-state index is 12.2. The molecule has 0 spiro atoms. The predicted molar refractivity (Wildman–Crippen MR) is 107 cm³/mol. The number of amides is 2. The molecule has 178 valence electrons. The lowest BCUT2D eigenvalue weighted by molar-refractivity contribution is -0.309. The van der Waals surface area contributed by atoms with Gasteiger partial charge in [-0.3, -0.25) is 9.59 Å².